The average Bonchev–Trinajstić information content (AvgIpc) is 3.75. The van der Waals surface area contributed by atoms with Gasteiger partial charge in [0.2, 0.25) is 0 Å². The van der Waals surface area contributed by atoms with E-state index in [0.29, 0.717) is 5.82 Å². The van der Waals surface area contributed by atoms with E-state index in [1.54, 1.807) is 0 Å². The van der Waals surface area contributed by atoms with E-state index in [4.69, 9.17) is 15.0 Å². The molecule has 1 aliphatic carbocycles. The number of fused-ring (bicyclic) bond motifs is 7. The summed E-state index contributed by atoms with van der Waals surface area (Å²) in [4.78, 5) is 15.8. The number of rotatable bonds is 8. The predicted octanol–water partition coefficient (Wildman–Crippen LogP) is 16.5. The van der Waals surface area contributed by atoms with Crippen molar-refractivity contribution >= 4 is 21.7 Å². The van der Waals surface area contributed by atoms with Gasteiger partial charge in [-0.1, -0.05) is 243 Å². The van der Waals surface area contributed by atoms with Gasteiger partial charge in [-0.2, -0.15) is 0 Å². The lowest BCUT2D eigenvalue weighted by Gasteiger charge is -2.34. The normalized spacial score (nSPS) is 12.5. The number of benzene rings is 10. The summed E-state index contributed by atoms with van der Waals surface area (Å²) in [6.07, 6.45) is 0. The zero-order valence-corrected chi connectivity index (χ0v) is 37.7. The van der Waals surface area contributed by atoms with Crippen molar-refractivity contribution in [3.05, 3.63) is 283 Å². The third-order valence-corrected chi connectivity index (χ3v) is 14.0. The Bertz CT molecular complexity index is 3810. The van der Waals surface area contributed by atoms with Crippen LogP contribution in [0.3, 0.4) is 0 Å². The van der Waals surface area contributed by atoms with E-state index in [2.05, 4.69) is 237 Å². The van der Waals surface area contributed by atoms with E-state index in [-0.39, 0.29) is 0 Å². The topological polar surface area (TPSA) is 38.7 Å². The van der Waals surface area contributed by atoms with Crippen molar-refractivity contribution in [3.63, 3.8) is 0 Å². The van der Waals surface area contributed by atoms with Crippen LogP contribution in [-0.2, 0) is 5.41 Å². The molecule has 0 amide bonds. The molecular formula is C66H43N3. The highest BCUT2D eigenvalue weighted by molar-refractivity contribution is 6.18. The van der Waals surface area contributed by atoms with Gasteiger partial charge in [0.1, 0.15) is 0 Å². The number of hydrogen-bond donors (Lipinski definition) is 0. The van der Waals surface area contributed by atoms with E-state index in [9.17, 15) is 0 Å². The lowest BCUT2D eigenvalue weighted by molar-refractivity contribution is 0.769. The molecule has 0 aliphatic heterocycles. The first-order valence-electron chi connectivity index (χ1n) is 23.6. The summed E-state index contributed by atoms with van der Waals surface area (Å²) >= 11 is 0. The van der Waals surface area contributed by atoms with Crippen LogP contribution in [0.1, 0.15) is 22.3 Å². The summed E-state index contributed by atoms with van der Waals surface area (Å²) in [5.41, 5.74) is 19.4. The summed E-state index contributed by atoms with van der Waals surface area (Å²) in [6, 6.07) is 93.5. The highest BCUT2D eigenvalue weighted by Gasteiger charge is 2.47. The minimum absolute atomic E-state index is 0.519. The molecule has 0 saturated heterocycles. The van der Waals surface area contributed by atoms with Gasteiger partial charge in [-0.15, -0.1) is 0 Å². The van der Waals surface area contributed by atoms with Crippen molar-refractivity contribution < 1.29 is 0 Å². The number of aromatic nitrogens is 3. The van der Waals surface area contributed by atoms with Gasteiger partial charge in [0, 0.05) is 33.0 Å². The van der Waals surface area contributed by atoms with Crippen LogP contribution >= 0.6 is 0 Å². The number of para-hydroxylation sites is 1. The Kier molecular flexibility index (Phi) is 9.73. The molecule has 0 saturated carbocycles. The molecule has 69 heavy (non-hydrogen) atoms. The zero-order chi connectivity index (χ0) is 45.7. The smallest absolute Gasteiger partial charge is 0.160 e. The van der Waals surface area contributed by atoms with Crippen molar-refractivity contribution in [2.24, 2.45) is 0 Å². The van der Waals surface area contributed by atoms with Crippen LogP contribution in [0.4, 0.5) is 0 Å². The molecule has 0 radical (unpaired) electrons. The van der Waals surface area contributed by atoms with Crippen LogP contribution in [0.25, 0.3) is 100 Å². The fraction of sp³-hybridized carbons (Fsp3) is 0.0152. The van der Waals surface area contributed by atoms with Crippen molar-refractivity contribution in [2.45, 2.75) is 5.41 Å². The number of hydrogen-bond acceptors (Lipinski definition) is 3. The molecule has 0 unspecified atom stereocenters. The second kappa shape index (κ2) is 16.7. The SMILES string of the molecule is c1ccc(-c2ccc(-c3cc(-c4ccc(-c5cccc(-c6nc7ccccc7c7ccc8c(c67)-c6ccccc6C8(c6ccccc6)c6ccccc6)c5)cc4)nc(-c4ccccc4)n3)cc2)cc1. The molecule has 0 bridgehead atoms. The Labute approximate surface area is 401 Å². The van der Waals surface area contributed by atoms with Crippen molar-refractivity contribution in [2.75, 3.05) is 0 Å². The lowest BCUT2D eigenvalue weighted by atomic mass is 9.67. The molecule has 0 spiro atoms. The average molecular weight is 878 g/mol. The molecule has 0 atom stereocenters. The molecule has 3 heteroatoms. The Balaban J connectivity index is 0.939. The van der Waals surface area contributed by atoms with Crippen LogP contribution in [0.2, 0.25) is 0 Å². The minimum atomic E-state index is -0.519. The maximum atomic E-state index is 5.58. The van der Waals surface area contributed by atoms with Gasteiger partial charge < -0.3 is 0 Å². The molecule has 0 N–H and O–H groups in total. The largest absolute Gasteiger partial charge is 0.247 e. The highest BCUT2D eigenvalue weighted by Crippen LogP contribution is 2.59. The van der Waals surface area contributed by atoms with Crippen LogP contribution in [0, 0.1) is 0 Å². The maximum Gasteiger partial charge on any atom is 0.160 e. The molecule has 13 rings (SSSR count). The van der Waals surface area contributed by atoms with E-state index in [0.717, 1.165) is 61.4 Å². The summed E-state index contributed by atoms with van der Waals surface area (Å²) < 4.78 is 0. The zero-order valence-electron chi connectivity index (χ0n) is 37.7. The molecule has 12 aromatic rings. The summed E-state index contributed by atoms with van der Waals surface area (Å²) in [6.45, 7) is 0. The van der Waals surface area contributed by atoms with Gasteiger partial charge in [-0.3, -0.25) is 0 Å². The third kappa shape index (κ3) is 6.78. The number of pyridine rings is 1. The first-order chi connectivity index (χ1) is 34.2. The molecule has 0 fully saturated rings. The Morgan fingerprint density at radius 1 is 0.290 bits per heavy atom. The van der Waals surface area contributed by atoms with E-state index in [1.165, 1.54) is 55.3 Å². The summed E-state index contributed by atoms with van der Waals surface area (Å²) in [5, 5.41) is 3.51. The maximum absolute atomic E-state index is 5.58. The predicted molar refractivity (Wildman–Crippen MR) is 285 cm³/mol. The van der Waals surface area contributed by atoms with Gasteiger partial charge in [0.15, 0.2) is 5.82 Å². The minimum Gasteiger partial charge on any atom is -0.247 e. The Morgan fingerprint density at radius 3 is 1.43 bits per heavy atom. The van der Waals surface area contributed by atoms with Crippen LogP contribution < -0.4 is 0 Å². The van der Waals surface area contributed by atoms with Crippen molar-refractivity contribution in [1.29, 1.82) is 0 Å². The van der Waals surface area contributed by atoms with E-state index < -0.39 is 5.41 Å². The molecular weight excluding hydrogens is 835 g/mol. The van der Waals surface area contributed by atoms with Crippen LogP contribution in [0.5, 0.6) is 0 Å². The van der Waals surface area contributed by atoms with Gasteiger partial charge >= 0.3 is 0 Å². The Morgan fingerprint density at radius 2 is 0.783 bits per heavy atom. The van der Waals surface area contributed by atoms with Crippen molar-refractivity contribution in [3.8, 4) is 78.5 Å². The van der Waals surface area contributed by atoms with Crippen LogP contribution in [0.15, 0.2) is 261 Å². The van der Waals surface area contributed by atoms with Gasteiger partial charge in [0.05, 0.1) is 28.0 Å². The lowest BCUT2D eigenvalue weighted by Crippen LogP contribution is -2.28. The van der Waals surface area contributed by atoms with Gasteiger partial charge in [0.25, 0.3) is 0 Å². The molecule has 322 valence electrons. The molecule has 1 aliphatic rings. The van der Waals surface area contributed by atoms with Gasteiger partial charge in [-0.25, -0.2) is 15.0 Å². The monoisotopic (exact) mass is 877 g/mol. The fourth-order valence-electron chi connectivity index (χ4n) is 10.8. The Hall–Kier alpha value is -9.05. The summed E-state index contributed by atoms with van der Waals surface area (Å²) in [7, 11) is 0. The first kappa shape index (κ1) is 40.2. The van der Waals surface area contributed by atoms with Crippen LogP contribution in [-0.4, -0.2) is 15.0 Å². The first-order valence-corrected chi connectivity index (χ1v) is 23.6. The standard InChI is InChI=1S/C66H43N3/c1-5-18-44(19-6-1)45-32-36-47(37-33-45)60-43-61(69-65(68-60)49-20-7-2-8-21-49)48-38-34-46(35-39-48)50-22-17-23-51(42-50)64-63-55(54-28-14-16-31-59(54)67-64)40-41-58-62(63)56-29-13-15-30-57(56)66(58,52-24-9-3-10-25-52)53-26-11-4-12-27-53/h1-43H. The summed E-state index contributed by atoms with van der Waals surface area (Å²) in [5.74, 6) is 0.695. The quantitative estimate of drug-likeness (QED) is 0.143. The molecule has 2 aromatic heterocycles. The van der Waals surface area contributed by atoms with E-state index in [1.807, 2.05) is 24.3 Å². The fourth-order valence-corrected chi connectivity index (χ4v) is 10.8. The van der Waals surface area contributed by atoms with E-state index >= 15 is 0 Å². The molecule has 3 nitrogen and oxygen atoms in total. The second-order valence-electron chi connectivity index (χ2n) is 17.8. The molecule has 2 heterocycles. The van der Waals surface area contributed by atoms with Gasteiger partial charge in [-0.05, 0) is 79.2 Å². The highest BCUT2D eigenvalue weighted by atomic mass is 14.9. The third-order valence-electron chi connectivity index (χ3n) is 14.0. The molecule has 10 aromatic carbocycles. The second-order valence-corrected chi connectivity index (χ2v) is 17.8. The van der Waals surface area contributed by atoms with Crippen molar-refractivity contribution in [1.82, 2.24) is 15.0 Å². The number of nitrogens with zero attached hydrogens (tertiary/aromatic N) is 3.